The Morgan fingerprint density at radius 1 is 1.05 bits per heavy atom. The summed E-state index contributed by atoms with van der Waals surface area (Å²) >= 11 is 0. The molecule has 0 aliphatic heterocycles. The van der Waals surface area contributed by atoms with E-state index in [0.29, 0.717) is 42.6 Å². The third-order valence-electron chi connectivity index (χ3n) is 5.80. The Morgan fingerprint density at radius 2 is 1.78 bits per heavy atom. The van der Waals surface area contributed by atoms with E-state index in [2.05, 4.69) is 15.6 Å². The smallest absolute Gasteiger partial charge is 0.312 e. The van der Waals surface area contributed by atoms with Gasteiger partial charge in [0.25, 0.3) is 12.4 Å². The number of benzene rings is 2. The van der Waals surface area contributed by atoms with Crippen LogP contribution in [0.1, 0.15) is 58.6 Å². The van der Waals surface area contributed by atoms with E-state index in [4.69, 9.17) is 21.4 Å². The predicted octanol–water partition coefficient (Wildman–Crippen LogP) is 1.86. The normalized spacial score (nSPS) is 12.2. The molecule has 11 heteroatoms. The number of anilines is 1. The van der Waals surface area contributed by atoms with E-state index >= 15 is 0 Å². The number of fused-ring (bicyclic) bond motifs is 1. The van der Waals surface area contributed by atoms with Crippen LogP contribution in [0.4, 0.5) is 5.69 Å². The summed E-state index contributed by atoms with van der Waals surface area (Å²) in [6.45, 7) is 0.188. The Bertz CT molecular complexity index is 1130. The molecule has 11 nitrogen and oxygen atoms in total. The second-order valence-electron chi connectivity index (χ2n) is 8.48. The summed E-state index contributed by atoms with van der Waals surface area (Å²) in [4.78, 5) is 48.9. The SMILES string of the molecule is NC(N)=NCCCCC(=O)Nc1cccc(C(=O)NCC(C(=O)O)c2ccc3c(c2)CCC3)c1.O=CO. The number of aliphatic carboxylic acids is 1. The standard InChI is InChI=1S/C25H31N5O4.CH2O2/c26-25(27)28-12-2-1-9-22(31)30-20-8-4-7-19(14-20)23(32)29-15-21(24(33)34)18-11-10-16-5-3-6-17(16)13-18;2-1-3/h4,7-8,10-11,13-14,21H,1-3,5-6,9,12,15H2,(H,29,32)(H,30,31)(H,33,34)(H4,26,27,28);1H,(H,2,3). The molecule has 0 saturated carbocycles. The second-order valence-corrected chi connectivity index (χ2v) is 8.48. The zero-order chi connectivity index (χ0) is 27.2. The molecule has 0 fully saturated rings. The largest absolute Gasteiger partial charge is 0.483 e. The topological polar surface area (TPSA) is 197 Å². The first-order chi connectivity index (χ1) is 17.7. The summed E-state index contributed by atoms with van der Waals surface area (Å²) in [5.41, 5.74) is 14.5. The second kappa shape index (κ2) is 14.9. The quantitative estimate of drug-likeness (QED) is 0.114. The lowest BCUT2D eigenvalue weighted by atomic mass is 9.95. The van der Waals surface area contributed by atoms with Crippen LogP contribution >= 0.6 is 0 Å². The van der Waals surface area contributed by atoms with Crippen LogP contribution in [0.3, 0.4) is 0 Å². The fraction of sp³-hybridized carbons (Fsp3) is 0.346. The van der Waals surface area contributed by atoms with Crippen LogP contribution in [0.25, 0.3) is 0 Å². The van der Waals surface area contributed by atoms with Gasteiger partial charge in [-0.25, -0.2) is 0 Å². The molecule has 2 amide bonds. The molecular formula is C26H33N5O6. The van der Waals surface area contributed by atoms with Gasteiger partial charge in [0.05, 0.1) is 5.92 Å². The Kier molecular flexibility index (Phi) is 11.6. The van der Waals surface area contributed by atoms with Crippen LogP contribution in [0.15, 0.2) is 47.5 Å². The van der Waals surface area contributed by atoms with Crippen molar-refractivity contribution in [2.75, 3.05) is 18.4 Å². The molecule has 1 unspecified atom stereocenters. The molecule has 0 bridgehead atoms. The highest BCUT2D eigenvalue weighted by molar-refractivity contribution is 5.97. The number of carboxylic acid groups (broad SMARTS) is 2. The van der Waals surface area contributed by atoms with Crippen molar-refractivity contribution >= 4 is 35.9 Å². The molecular weight excluding hydrogens is 478 g/mol. The minimum atomic E-state index is -0.987. The molecule has 0 radical (unpaired) electrons. The van der Waals surface area contributed by atoms with Gasteiger partial charge in [-0.05, 0) is 67.0 Å². The first-order valence-electron chi connectivity index (χ1n) is 11.9. The Hall–Kier alpha value is -4.41. The van der Waals surface area contributed by atoms with Crippen molar-refractivity contribution < 1.29 is 29.4 Å². The molecule has 198 valence electrons. The number of nitrogens with zero attached hydrogens (tertiary/aromatic N) is 1. The highest BCUT2D eigenvalue weighted by atomic mass is 16.4. The van der Waals surface area contributed by atoms with Crippen LogP contribution < -0.4 is 22.1 Å². The fourth-order valence-corrected chi connectivity index (χ4v) is 4.02. The zero-order valence-corrected chi connectivity index (χ0v) is 20.5. The van der Waals surface area contributed by atoms with Crippen LogP contribution in [0.5, 0.6) is 0 Å². The van der Waals surface area contributed by atoms with Gasteiger partial charge in [0.15, 0.2) is 5.96 Å². The maximum Gasteiger partial charge on any atom is 0.312 e. The van der Waals surface area contributed by atoms with Gasteiger partial charge in [0.2, 0.25) is 5.91 Å². The van der Waals surface area contributed by atoms with Crippen LogP contribution in [0, 0.1) is 0 Å². The molecule has 0 heterocycles. The van der Waals surface area contributed by atoms with Gasteiger partial charge in [-0.3, -0.25) is 24.2 Å². The van der Waals surface area contributed by atoms with Gasteiger partial charge in [0, 0.05) is 30.8 Å². The van der Waals surface area contributed by atoms with Gasteiger partial charge in [-0.15, -0.1) is 0 Å². The highest BCUT2D eigenvalue weighted by Crippen LogP contribution is 2.26. The van der Waals surface area contributed by atoms with Crippen LogP contribution in [0.2, 0.25) is 0 Å². The monoisotopic (exact) mass is 511 g/mol. The van der Waals surface area contributed by atoms with Crippen molar-refractivity contribution in [3.05, 3.63) is 64.7 Å². The Balaban J connectivity index is 0.00000153. The molecule has 1 atom stereocenters. The first-order valence-corrected chi connectivity index (χ1v) is 11.9. The van der Waals surface area contributed by atoms with Gasteiger partial charge in [0.1, 0.15) is 0 Å². The summed E-state index contributed by atoms with van der Waals surface area (Å²) in [5, 5.41) is 22.1. The number of carbonyl (C=O) groups excluding carboxylic acids is 2. The molecule has 2 aromatic rings. The third kappa shape index (κ3) is 9.63. The van der Waals surface area contributed by atoms with Crippen molar-refractivity contribution in [3.8, 4) is 0 Å². The van der Waals surface area contributed by atoms with E-state index in [0.717, 1.165) is 19.3 Å². The molecule has 1 aliphatic carbocycles. The van der Waals surface area contributed by atoms with E-state index in [-0.39, 0.29) is 24.9 Å². The maximum atomic E-state index is 12.7. The number of nitrogens with one attached hydrogen (secondary N) is 2. The predicted molar refractivity (Wildman–Crippen MR) is 139 cm³/mol. The number of hydrogen-bond donors (Lipinski definition) is 6. The van der Waals surface area contributed by atoms with E-state index in [9.17, 15) is 19.5 Å². The van der Waals surface area contributed by atoms with Crippen LogP contribution in [-0.4, -0.2) is 53.5 Å². The Morgan fingerprint density at radius 3 is 2.49 bits per heavy atom. The summed E-state index contributed by atoms with van der Waals surface area (Å²) < 4.78 is 0. The zero-order valence-electron chi connectivity index (χ0n) is 20.5. The molecule has 8 N–H and O–H groups in total. The molecule has 1 aliphatic rings. The number of unbranched alkanes of at least 4 members (excludes halogenated alkanes) is 1. The molecule has 0 spiro atoms. The number of aliphatic imine (C=N–C) groups is 1. The summed E-state index contributed by atoms with van der Waals surface area (Å²) in [7, 11) is 0. The lowest BCUT2D eigenvalue weighted by Gasteiger charge is -2.15. The number of nitrogens with two attached hydrogens (primary N) is 2. The minimum absolute atomic E-state index is 0.0284. The summed E-state index contributed by atoms with van der Waals surface area (Å²) in [5.74, 6) is -2.37. The van der Waals surface area contributed by atoms with E-state index < -0.39 is 17.8 Å². The molecule has 37 heavy (non-hydrogen) atoms. The number of carbonyl (C=O) groups is 4. The van der Waals surface area contributed by atoms with Crippen molar-refractivity contribution in [2.45, 2.75) is 44.4 Å². The number of carboxylic acids is 1. The number of guanidine groups is 1. The molecule has 0 aromatic heterocycles. The summed E-state index contributed by atoms with van der Waals surface area (Å²) in [6, 6.07) is 12.3. The number of hydrogen-bond acceptors (Lipinski definition) is 5. The maximum absolute atomic E-state index is 12.7. The van der Waals surface area contributed by atoms with Crippen molar-refractivity contribution in [1.82, 2.24) is 5.32 Å². The van der Waals surface area contributed by atoms with E-state index in [1.807, 2.05) is 18.2 Å². The highest BCUT2D eigenvalue weighted by Gasteiger charge is 2.23. The molecule has 2 aromatic carbocycles. The third-order valence-corrected chi connectivity index (χ3v) is 5.80. The number of rotatable bonds is 11. The Labute approximate surface area is 215 Å². The average molecular weight is 512 g/mol. The molecule has 3 rings (SSSR count). The van der Waals surface area contributed by atoms with Crippen molar-refractivity contribution in [1.29, 1.82) is 0 Å². The summed E-state index contributed by atoms with van der Waals surface area (Å²) in [6.07, 6.45) is 4.67. The van der Waals surface area contributed by atoms with Gasteiger partial charge in [-0.2, -0.15) is 0 Å². The van der Waals surface area contributed by atoms with Gasteiger partial charge >= 0.3 is 5.97 Å². The van der Waals surface area contributed by atoms with Crippen molar-refractivity contribution in [2.24, 2.45) is 16.5 Å². The lowest BCUT2D eigenvalue weighted by molar-refractivity contribution is -0.138. The van der Waals surface area contributed by atoms with E-state index in [1.54, 1.807) is 24.3 Å². The number of amides is 2. The lowest BCUT2D eigenvalue weighted by Crippen LogP contribution is -2.31. The minimum Gasteiger partial charge on any atom is -0.483 e. The van der Waals surface area contributed by atoms with Gasteiger partial charge in [-0.1, -0.05) is 24.3 Å². The van der Waals surface area contributed by atoms with Gasteiger partial charge < -0.3 is 32.3 Å². The fourth-order valence-electron chi connectivity index (χ4n) is 4.02. The number of aryl methyl sites for hydroxylation is 2. The van der Waals surface area contributed by atoms with Crippen molar-refractivity contribution in [3.63, 3.8) is 0 Å². The van der Waals surface area contributed by atoms with Crippen LogP contribution in [-0.2, 0) is 27.2 Å². The first kappa shape index (κ1) is 28.8. The average Bonchev–Trinajstić information content (AvgIpc) is 3.32. The van der Waals surface area contributed by atoms with E-state index in [1.165, 1.54) is 11.1 Å². The molecule has 0 saturated heterocycles.